The van der Waals surface area contributed by atoms with Gasteiger partial charge in [-0.3, -0.25) is 9.59 Å². The molecule has 0 spiro atoms. The van der Waals surface area contributed by atoms with E-state index in [1.165, 1.54) is 0 Å². The van der Waals surface area contributed by atoms with E-state index in [0.717, 1.165) is 18.5 Å². The molecule has 4 rings (SSSR count). The van der Waals surface area contributed by atoms with Crippen LogP contribution < -0.4 is 10.9 Å². The molecule has 1 fully saturated rings. The number of nitrogens with zero attached hydrogens (tertiary/aromatic N) is 3. The van der Waals surface area contributed by atoms with Gasteiger partial charge in [-0.1, -0.05) is 12.1 Å². The number of H-pyrrole nitrogens is 1. The number of hydrogen-bond acceptors (Lipinski definition) is 5. The van der Waals surface area contributed by atoms with Crippen LogP contribution in [0.4, 0.5) is 0 Å². The fourth-order valence-corrected chi connectivity index (χ4v) is 2.84. The topological polar surface area (TPSA) is 101 Å². The highest BCUT2D eigenvalue weighted by Crippen LogP contribution is 2.39. The van der Waals surface area contributed by atoms with E-state index >= 15 is 0 Å². The summed E-state index contributed by atoms with van der Waals surface area (Å²) < 4.78 is 0. The quantitative estimate of drug-likeness (QED) is 0.758. The van der Waals surface area contributed by atoms with Crippen LogP contribution in [-0.2, 0) is 0 Å². The van der Waals surface area contributed by atoms with Crippen LogP contribution in [0.25, 0.3) is 10.9 Å². The summed E-state index contributed by atoms with van der Waals surface area (Å²) in [5.74, 6) is 0.490. The first-order chi connectivity index (χ1) is 12.1. The van der Waals surface area contributed by atoms with Gasteiger partial charge in [0.25, 0.3) is 11.5 Å². The number of para-hydroxylation sites is 1. The van der Waals surface area contributed by atoms with Gasteiger partial charge in [-0.05, 0) is 43.9 Å². The third-order valence-electron chi connectivity index (χ3n) is 4.30. The van der Waals surface area contributed by atoms with Crippen LogP contribution in [0.3, 0.4) is 0 Å². The molecule has 1 aliphatic rings. The molecule has 1 saturated carbocycles. The summed E-state index contributed by atoms with van der Waals surface area (Å²) in [6.45, 7) is 1.89. The number of carbonyl (C=O) groups excluding carboxylic acids is 1. The highest BCUT2D eigenvalue weighted by molar-refractivity contribution is 5.92. The van der Waals surface area contributed by atoms with Crippen molar-refractivity contribution in [2.45, 2.75) is 25.8 Å². The molecule has 7 heteroatoms. The molecule has 1 aliphatic carbocycles. The number of aromatic nitrogens is 4. The van der Waals surface area contributed by atoms with E-state index in [-0.39, 0.29) is 17.4 Å². The smallest absolute Gasteiger partial charge is 0.287 e. The first kappa shape index (κ1) is 15.4. The highest BCUT2D eigenvalue weighted by atomic mass is 16.2. The van der Waals surface area contributed by atoms with Crippen molar-refractivity contribution in [3.05, 3.63) is 64.2 Å². The van der Waals surface area contributed by atoms with Crippen molar-refractivity contribution in [1.29, 1.82) is 0 Å². The third-order valence-corrected chi connectivity index (χ3v) is 4.30. The zero-order valence-corrected chi connectivity index (χ0v) is 13.7. The highest BCUT2D eigenvalue weighted by Gasteiger charge is 2.35. The van der Waals surface area contributed by atoms with E-state index in [4.69, 9.17) is 0 Å². The number of rotatable bonds is 4. The van der Waals surface area contributed by atoms with Gasteiger partial charge >= 0.3 is 0 Å². The summed E-state index contributed by atoms with van der Waals surface area (Å²) in [4.78, 5) is 40.4. The number of aromatic amines is 1. The van der Waals surface area contributed by atoms with Crippen molar-refractivity contribution < 1.29 is 4.79 Å². The van der Waals surface area contributed by atoms with Crippen LogP contribution >= 0.6 is 0 Å². The molecule has 126 valence electrons. The molecule has 2 aromatic heterocycles. The Labute approximate surface area is 143 Å². The van der Waals surface area contributed by atoms with Gasteiger partial charge < -0.3 is 10.3 Å². The molecule has 0 unspecified atom stereocenters. The molecule has 7 nitrogen and oxygen atoms in total. The molecule has 3 aromatic rings. The Morgan fingerprint density at radius 1 is 1.24 bits per heavy atom. The molecule has 0 bridgehead atoms. The van der Waals surface area contributed by atoms with E-state index in [1.54, 1.807) is 30.5 Å². The lowest BCUT2D eigenvalue weighted by atomic mass is 10.1. The van der Waals surface area contributed by atoms with Gasteiger partial charge in [0, 0.05) is 11.9 Å². The standard InChI is InChI=1S/C18H17N5O2/c1-10-8-9-19-15(20-10)14(11-6-7-11)22-18(25)16-21-13-5-3-2-4-12(13)17(24)23-16/h2-5,8-9,11,14H,6-7H2,1H3,(H,22,25)(H,21,23,24)/t14-/m1/s1. The summed E-state index contributed by atoms with van der Waals surface area (Å²) >= 11 is 0. The summed E-state index contributed by atoms with van der Waals surface area (Å²) in [5, 5.41) is 3.39. The largest absolute Gasteiger partial charge is 0.339 e. The van der Waals surface area contributed by atoms with Crippen LogP contribution in [0, 0.1) is 12.8 Å². The zero-order valence-electron chi connectivity index (χ0n) is 13.7. The minimum absolute atomic E-state index is 0.00185. The van der Waals surface area contributed by atoms with Crippen molar-refractivity contribution in [3.8, 4) is 0 Å². The molecule has 25 heavy (non-hydrogen) atoms. The molecular weight excluding hydrogens is 318 g/mol. The van der Waals surface area contributed by atoms with Gasteiger partial charge in [0.2, 0.25) is 0 Å². The van der Waals surface area contributed by atoms with Crippen molar-refractivity contribution in [3.63, 3.8) is 0 Å². The maximum atomic E-state index is 12.6. The van der Waals surface area contributed by atoms with Crippen LogP contribution in [0.2, 0.25) is 0 Å². The predicted molar refractivity (Wildman–Crippen MR) is 92.1 cm³/mol. The molecule has 1 atom stereocenters. The Balaban J connectivity index is 1.65. The number of benzene rings is 1. The summed E-state index contributed by atoms with van der Waals surface area (Å²) in [7, 11) is 0. The molecule has 1 amide bonds. The zero-order chi connectivity index (χ0) is 17.4. The van der Waals surface area contributed by atoms with Crippen LogP contribution in [0.5, 0.6) is 0 Å². The van der Waals surface area contributed by atoms with Gasteiger partial charge in [0.05, 0.1) is 16.9 Å². The Morgan fingerprint density at radius 3 is 2.80 bits per heavy atom. The number of fused-ring (bicyclic) bond motifs is 1. The van der Waals surface area contributed by atoms with Gasteiger partial charge in [-0.2, -0.15) is 0 Å². The molecule has 1 aromatic carbocycles. The van der Waals surface area contributed by atoms with Crippen molar-refractivity contribution in [2.75, 3.05) is 0 Å². The molecule has 2 N–H and O–H groups in total. The van der Waals surface area contributed by atoms with E-state index in [1.807, 2.05) is 13.0 Å². The second kappa shape index (κ2) is 6.08. The molecule has 0 aliphatic heterocycles. The van der Waals surface area contributed by atoms with Gasteiger partial charge in [0.15, 0.2) is 11.6 Å². The Morgan fingerprint density at radius 2 is 2.04 bits per heavy atom. The number of aryl methyl sites for hydroxylation is 1. The minimum Gasteiger partial charge on any atom is -0.339 e. The SMILES string of the molecule is Cc1ccnc([C@H](NC(=O)c2nc3ccccc3c(=O)[nH]2)C2CC2)n1. The molecular formula is C18H17N5O2. The summed E-state index contributed by atoms with van der Waals surface area (Å²) in [6, 6.07) is 8.47. The Bertz CT molecular complexity index is 1010. The molecule has 2 heterocycles. The molecule has 0 saturated heterocycles. The summed E-state index contributed by atoms with van der Waals surface area (Å²) in [6.07, 6.45) is 3.73. The van der Waals surface area contributed by atoms with Crippen LogP contribution in [-0.4, -0.2) is 25.8 Å². The monoisotopic (exact) mass is 335 g/mol. The second-order valence-corrected chi connectivity index (χ2v) is 6.28. The minimum atomic E-state index is -0.426. The van der Waals surface area contributed by atoms with E-state index in [0.29, 0.717) is 22.6 Å². The summed E-state index contributed by atoms with van der Waals surface area (Å²) in [5.41, 5.74) is 1.01. The van der Waals surface area contributed by atoms with Crippen molar-refractivity contribution in [1.82, 2.24) is 25.3 Å². The normalized spacial score (nSPS) is 15.1. The first-order valence-corrected chi connectivity index (χ1v) is 8.21. The number of carbonyl (C=O) groups is 1. The first-order valence-electron chi connectivity index (χ1n) is 8.21. The lowest BCUT2D eigenvalue weighted by Gasteiger charge is -2.16. The fraction of sp³-hybridized carbons (Fsp3) is 0.278. The van der Waals surface area contributed by atoms with E-state index < -0.39 is 5.91 Å². The number of hydrogen-bond donors (Lipinski definition) is 2. The van der Waals surface area contributed by atoms with E-state index in [2.05, 4.69) is 25.3 Å². The third kappa shape index (κ3) is 3.13. The van der Waals surface area contributed by atoms with Crippen molar-refractivity contribution >= 4 is 16.8 Å². The number of amides is 1. The van der Waals surface area contributed by atoms with Crippen LogP contribution in [0.1, 0.15) is 41.0 Å². The van der Waals surface area contributed by atoms with Gasteiger partial charge in [-0.15, -0.1) is 0 Å². The predicted octanol–water partition coefficient (Wildman–Crippen LogP) is 1.90. The van der Waals surface area contributed by atoms with Gasteiger partial charge in [-0.25, -0.2) is 15.0 Å². The van der Waals surface area contributed by atoms with Gasteiger partial charge in [0.1, 0.15) is 0 Å². The van der Waals surface area contributed by atoms with E-state index in [9.17, 15) is 9.59 Å². The average Bonchev–Trinajstić information content (AvgIpc) is 3.44. The second-order valence-electron chi connectivity index (χ2n) is 6.28. The lowest BCUT2D eigenvalue weighted by Crippen LogP contribution is -2.33. The fourth-order valence-electron chi connectivity index (χ4n) is 2.84. The Hall–Kier alpha value is -3.09. The maximum Gasteiger partial charge on any atom is 0.287 e. The average molecular weight is 335 g/mol. The number of nitrogens with one attached hydrogen (secondary N) is 2. The molecule has 0 radical (unpaired) electrons. The van der Waals surface area contributed by atoms with Crippen LogP contribution in [0.15, 0.2) is 41.3 Å². The van der Waals surface area contributed by atoms with Crippen molar-refractivity contribution in [2.24, 2.45) is 5.92 Å². The Kier molecular flexibility index (Phi) is 3.76. The maximum absolute atomic E-state index is 12.6. The lowest BCUT2D eigenvalue weighted by molar-refractivity contribution is 0.0919.